The zero-order valence-electron chi connectivity index (χ0n) is 12.6. The molecule has 0 saturated carbocycles. The molecule has 2 nitrogen and oxygen atoms in total. The van der Waals surface area contributed by atoms with Crippen molar-refractivity contribution in [2.24, 2.45) is 4.99 Å². The standard InChI is InChI=1S/C17H18N2S.ClH/c1-11(2)12-5-7-14-16(9-12)20-17-10-13(19(3)4)6-8-15(17)18-14;/h5-10H,1-4H3;1H/p-1. The van der Waals surface area contributed by atoms with Gasteiger partial charge in [-0.3, -0.25) is 0 Å². The average molecular weight is 318 g/mol. The van der Waals surface area contributed by atoms with Crippen LogP contribution in [0.5, 0.6) is 0 Å². The van der Waals surface area contributed by atoms with E-state index in [1.54, 1.807) is 0 Å². The third-order valence-corrected chi connectivity index (χ3v) is 4.55. The summed E-state index contributed by atoms with van der Waals surface area (Å²) >= 11 is 1.81. The smallest absolute Gasteiger partial charge is 0.0778 e. The normalized spacial score (nSPS) is 11.6. The van der Waals surface area contributed by atoms with Crippen LogP contribution in [0.2, 0.25) is 0 Å². The van der Waals surface area contributed by atoms with Gasteiger partial charge in [0.25, 0.3) is 0 Å². The second-order valence-corrected chi connectivity index (χ2v) is 6.53. The van der Waals surface area contributed by atoms with Gasteiger partial charge in [-0.1, -0.05) is 23.4 Å². The Morgan fingerprint density at radius 2 is 1.76 bits per heavy atom. The summed E-state index contributed by atoms with van der Waals surface area (Å²) in [7, 11) is 4.13. The van der Waals surface area contributed by atoms with Crippen molar-refractivity contribution in [3.8, 4) is 0 Å². The summed E-state index contributed by atoms with van der Waals surface area (Å²) in [6.45, 7) is 4.29. The van der Waals surface area contributed by atoms with E-state index in [1.165, 1.54) is 26.3 Å². The Labute approximate surface area is 136 Å². The van der Waals surface area contributed by atoms with Crippen LogP contribution >= 0.6 is 11.8 Å². The molecule has 0 amide bonds. The van der Waals surface area contributed by atoms with Crippen LogP contribution in [0.1, 0.15) is 13.8 Å². The topological polar surface area (TPSA) is 15.6 Å². The highest BCUT2D eigenvalue weighted by Gasteiger charge is 2.12. The highest BCUT2D eigenvalue weighted by molar-refractivity contribution is 7.99. The molecule has 0 aliphatic carbocycles. The molecule has 1 heterocycles. The first kappa shape index (κ1) is 15.9. The van der Waals surface area contributed by atoms with Crippen LogP contribution in [0.3, 0.4) is 0 Å². The van der Waals surface area contributed by atoms with Gasteiger partial charge in [0.2, 0.25) is 0 Å². The quantitative estimate of drug-likeness (QED) is 0.644. The van der Waals surface area contributed by atoms with Crippen molar-refractivity contribution in [3.63, 3.8) is 0 Å². The van der Waals surface area contributed by atoms with E-state index >= 15 is 0 Å². The summed E-state index contributed by atoms with van der Waals surface area (Å²) in [6, 6.07) is 12.9. The Hall–Kier alpha value is -1.45. The van der Waals surface area contributed by atoms with Gasteiger partial charge in [-0.25, -0.2) is 4.99 Å². The molecule has 1 aliphatic heterocycles. The highest BCUT2D eigenvalue weighted by atomic mass is 35.5. The van der Waals surface area contributed by atoms with Gasteiger partial charge in [-0.2, -0.15) is 0 Å². The van der Waals surface area contributed by atoms with E-state index in [2.05, 4.69) is 69.2 Å². The predicted molar refractivity (Wildman–Crippen MR) is 86.5 cm³/mol. The Morgan fingerprint density at radius 1 is 1.00 bits per heavy atom. The molecule has 0 radical (unpaired) electrons. The molecule has 4 heteroatoms. The first-order valence-electron chi connectivity index (χ1n) is 6.70. The lowest BCUT2D eigenvalue weighted by atomic mass is 10.2. The van der Waals surface area contributed by atoms with Crippen molar-refractivity contribution in [3.05, 3.63) is 47.0 Å². The monoisotopic (exact) mass is 317 g/mol. The zero-order valence-corrected chi connectivity index (χ0v) is 14.2. The fourth-order valence-corrected chi connectivity index (χ4v) is 3.24. The number of benzene rings is 2. The molecule has 0 fully saturated rings. The van der Waals surface area contributed by atoms with Crippen molar-refractivity contribution in [2.75, 3.05) is 19.0 Å². The molecule has 0 saturated heterocycles. The Bertz CT molecular complexity index is 793. The van der Waals surface area contributed by atoms with Crippen molar-refractivity contribution >= 4 is 28.7 Å². The largest absolute Gasteiger partial charge is 1.00 e. The molecule has 0 N–H and O–H groups in total. The SMILES string of the molecule is CC(C)=c1ccc2c(c1)Sc1cc(N(C)C)ccc1N=2.[Cl-]. The van der Waals surface area contributed by atoms with E-state index in [4.69, 9.17) is 4.99 Å². The molecule has 0 bridgehead atoms. The number of hydrogen-bond donors (Lipinski definition) is 0. The van der Waals surface area contributed by atoms with Gasteiger partial charge in [0.05, 0.1) is 11.0 Å². The second-order valence-electron chi connectivity index (χ2n) is 5.44. The van der Waals surface area contributed by atoms with Crippen LogP contribution in [-0.2, 0) is 0 Å². The van der Waals surface area contributed by atoms with Crippen LogP contribution in [-0.4, -0.2) is 14.1 Å². The number of anilines is 1. The van der Waals surface area contributed by atoms with Crippen LogP contribution < -0.4 is 27.9 Å². The first-order valence-corrected chi connectivity index (χ1v) is 7.52. The maximum Gasteiger partial charge on any atom is 0.0778 e. The van der Waals surface area contributed by atoms with Crippen LogP contribution in [0.15, 0.2) is 51.2 Å². The zero-order chi connectivity index (χ0) is 14.3. The Morgan fingerprint density at radius 3 is 2.43 bits per heavy atom. The second kappa shape index (κ2) is 6.12. The van der Waals surface area contributed by atoms with Crippen molar-refractivity contribution in [2.45, 2.75) is 23.6 Å². The summed E-state index contributed by atoms with van der Waals surface area (Å²) in [5.41, 5.74) is 3.61. The fourth-order valence-electron chi connectivity index (χ4n) is 2.20. The summed E-state index contributed by atoms with van der Waals surface area (Å²) in [4.78, 5) is 9.36. The highest BCUT2D eigenvalue weighted by Crippen LogP contribution is 2.38. The van der Waals surface area contributed by atoms with E-state index in [1.807, 2.05) is 11.8 Å². The van der Waals surface area contributed by atoms with E-state index in [0.29, 0.717) is 0 Å². The minimum Gasteiger partial charge on any atom is -1.00 e. The van der Waals surface area contributed by atoms with Crippen molar-refractivity contribution < 1.29 is 12.4 Å². The first-order chi connectivity index (χ1) is 9.54. The predicted octanol–water partition coefficient (Wildman–Crippen LogP) is 0.363. The third-order valence-electron chi connectivity index (χ3n) is 3.46. The lowest BCUT2D eigenvalue weighted by molar-refractivity contribution is -0.00000425. The van der Waals surface area contributed by atoms with Gasteiger partial charge in [-0.05, 0) is 49.4 Å². The molecule has 3 rings (SSSR count). The number of halogens is 1. The number of nitrogens with zero attached hydrogens (tertiary/aromatic N) is 2. The van der Waals surface area contributed by atoms with Gasteiger partial charge in [-0.15, -0.1) is 0 Å². The molecule has 2 aromatic rings. The lowest BCUT2D eigenvalue weighted by Crippen LogP contribution is -3.00. The molecule has 110 valence electrons. The van der Waals surface area contributed by atoms with Gasteiger partial charge in [0.15, 0.2) is 0 Å². The van der Waals surface area contributed by atoms with Gasteiger partial charge in [0.1, 0.15) is 0 Å². The molecular weight excluding hydrogens is 300 g/mol. The van der Waals surface area contributed by atoms with E-state index in [0.717, 1.165) is 11.0 Å². The van der Waals surface area contributed by atoms with Crippen molar-refractivity contribution in [1.29, 1.82) is 0 Å². The molecular formula is C17H18ClN2S-. The van der Waals surface area contributed by atoms with E-state index in [9.17, 15) is 0 Å². The third kappa shape index (κ3) is 3.09. The number of hydrogen-bond acceptors (Lipinski definition) is 3. The van der Waals surface area contributed by atoms with Gasteiger partial charge < -0.3 is 17.3 Å². The Kier molecular flexibility index (Phi) is 4.64. The summed E-state index contributed by atoms with van der Waals surface area (Å²) in [5.74, 6) is 0. The summed E-state index contributed by atoms with van der Waals surface area (Å²) < 4.78 is 0. The summed E-state index contributed by atoms with van der Waals surface area (Å²) in [6.07, 6.45) is 0. The van der Waals surface area contributed by atoms with Crippen molar-refractivity contribution in [1.82, 2.24) is 0 Å². The number of rotatable bonds is 1. The Balaban J connectivity index is 0.00000161. The molecule has 2 aromatic carbocycles. The molecule has 0 unspecified atom stereocenters. The lowest BCUT2D eigenvalue weighted by Gasteiger charge is -2.17. The molecule has 0 aromatic heterocycles. The fraction of sp³-hybridized carbons (Fsp3) is 0.235. The maximum atomic E-state index is 4.76. The van der Waals surface area contributed by atoms with Crippen LogP contribution in [0.25, 0.3) is 5.57 Å². The minimum absolute atomic E-state index is 0. The molecule has 1 aliphatic rings. The van der Waals surface area contributed by atoms with Crippen LogP contribution in [0.4, 0.5) is 11.4 Å². The van der Waals surface area contributed by atoms with E-state index < -0.39 is 0 Å². The van der Waals surface area contributed by atoms with Gasteiger partial charge >= 0.3 is 0 Å². The van der Waals surface area contributed by atoms with E-state index in [-0.39, 0.29) is 12.4 Å². The molecule has 21 heavy (non-hydrogen) atoms. The van der Waals surface area contributed by atoms with Gasteiger partial charge in [0, 0.05) is 29.6 Å². The molecule has 0 atom stereocenters. The van der Waals surface area contributed by atoms with Crippen LogP contribution in [0, 0.1) is 0 Å². The molecule has 0 spiro atoms. The minimum atomic E-state index is 0. The maximum absolute atomic E-state index is 4.76. The number of fused-ring (bicyclic) bond motifs is 2. The summed E-state index contributed by atoms with van der Waals surface area (Å²) in [5, 5.41) is 2.36. The average Bonchev–Trinajstić information content (AvgIpc) is 2.43.